The zero-order valence-corrected chi connectivity index (χ0v) is 5.60. The first-order chi connectivity index (χ1) is 4.34. The summed E-state index contributed by atoms with van der Waals surface area (Å²) in [5.74, 6) is 0.572. The SMILES string of the molecule is NC[C@@H]1CCCCC1=O. The molecule has 0 bridgehead atoms. The molecule has 2 N–H and O–H groups in total. The third-order valence-corrected chi connectivity index (χ3v) is 1.97. The molecular weight excluding hydrogens is 114 g/mol. The van der Waals surface area contributed by atoms with Crippen molar-refractivity contribution < 1.29 is 4.79 Å². The van der Waals surface area contributed by atoms with Crippen molar-refractivity contribution in [1.29, 1.82) is 0 Å². The molecule has 1 rings (SSSR count). The van der Waals surface area contributed by atoms with E-state index < -0.39 is 0 Å². The number of ketones is 1. The van der Waals surface area contributed by atoms with E-state index >= 15 is 0 Å². The summed E-state index contributed by atoms with van der Waals surface area (Å²) >= 11 is 0. The number of nitrogens with two attached hydrogens (primary N) is 1. The Hall–Kier alpha value is -0.370. The molecule has 1 aliphatic carbocycles. The molecule has 1 atom stereocenters. The Kier molecular flexibility index (Phi) is 2.22. The number of hydrogen-bond donors (Lipinski definition) is 1. The van der Waals surface area contributed by atoms with E-state index in [2.05, 4.69) is 0 Å². The second-order valence-electron chi connectivity index (χ2n) is 2.64. The molecule has 9 heavy (non-hydrogen) atoms. The monoisotopic (exact) mass is 127 g/mol. The van der Waals surface area contributed by atoms with Crippen molar-refractivity contribution in [1.82, 2.24) is 0 Å². The van der Waals surface area contributed by atoms with Crippen LogP contribution in [0.3, 0.4) is 0 Å². The lowest BCUT2D eigenvalue weighted by molar-refractivity contribution is -0.124. The number of Topliss-reactive ketones (excluding diaryl/α,β-unsaturated/α-hetero) is 1. The van der Waals surface area contributed by atoms with Gasteiger partial charge in [0.1, 0.15) is 5.78 Å². The van der Waals surface area contributed by atoms with Gasteiger partial charge in [0.05, 0.1) is 0 Å². The van der Waals surface area contributed by atoms with Crippen molar-refractivity contribution in [3.05, 3.63) is 0 Å². The Morgan fingerprint density at radius 1 is 1.56 bits per heavy atom. The van der Waals surface area contributed by atoms with Gasteiger partial charge in [-0.15, -0.1) is 0 Å². The van der Waals surface area contributed by atoms with Crippen molar-refractivity contribution in [2.45, 2.75) is 25.7 Å². The van der Waals surface area contributed by atoms with Crippen LogP contribution in [0.15, 0.2) is 0 Å². The molecule has 1 aliphatic rings. The standard InChI is InChI=1S/C7H13NO/c8-5-6-3-1-2-4-7(6)9/h6H,1-5,8H2/t6-/m0/s1. The van der Waals surface area contributed by atoms with E-state index in [1.54, 1.807) is 0 Å². The Morgan fingerprint density at radius 3 is 2.78 bits per heavy atom. The van der Waals surface area contributed by atoms with Gasteiger partial charge >= 0.3 is 0 Å². The minimum Gasteiger partial charge on any atom is -0.330 e. The van der Waals surface area contributed by atoms with Crippen molar-refractivity contribution in [2.75, 3.05) is 6.54 Å². The fourth-order valence-electron chi connectivity index (χ4n) is 1.30. The van der Waals surface area contributed by atoms with Gasteiger partial charge in [-0.2, -0.15) is 0 Å². The van der Waals surface area contributed by atoms with Gasteiger partial charge in [-0.3, -0.25) is 4.79 Å². The summed E-state index contributed by atoms with van der Waals surface area (Å²) in [7, 11) is 0. The predicted octanol–water partition coefficient (Wildman–Crippen LogP) is 0.704. The van der Waals surface area contributed by atoms with Crippen LogP contribution in [0.25, 0.3) is 0 Å². The van der Waals surface area contributed by atoms with E-state index in [0.29, 0.717) is 12.3 Å². The summed E-state index contributed by atoms with van der Waals surface area (Å²) in [4.78, 5) is 10.9. The van der Waals surface area contributed by atoms with Crippen LogP contribution in [-0.4, -0.2) is 12.3 Å². The Bertz CT molecular complexity index is 111. The van der Waals surface area contributed by atoms with Gasteiger partial charge in [-0.25, -0.2) is 0 Å². The molecule has 2 heteroatoms. The molecule has 0 aliphatic heterocycles. The first-order valence-electron chi connectivity index (χ1n) is 3.57. The minimum absolute atomic E-state index is 0.193. The van der Waals surface area contributed by atoms with E-state index in [4.69, 9.17) is 5.73 Å². The Labute approximate surface area is 55.4 Å². The normalized spacial score (nSPS) is 28.6. The molecule has 52 valence electrons. The smallest absolute Gasteiger partial charge is 0.137 e. The highest BCUT2D eigenvalue weighted by Crippen LogP contribution is 2.18. The van der Waals surface area contributed by atoms with Crippen LogP contribution >= 0.6 is 0 Å². The van der Waals surface area contributed by atoms with Gasteiger partial charge in [0.25, 0.3) is 0 Å². The number of rotatable bonds is 1. The maximum absolute atomic E-state index is 10.9. The van der Waals surface area contributed by atoms with Crippen LogP contribution in [0.5, 0.6) is 0 Å². The Balaban J connectivity index is 2.39. The van der Waals surface area contributed by atoms with Crippen molar-refractivity contribution in [2.24, 2.45) is 11.7 Å². The molecule has 0 unspecified atom stereocenters. The molecule has 0 aromatic carbocycles. The zero-order valence-electron chi connectivity index (χ0n) is 5.60. The fraction of sp³-hybridized carbons (Fsp3) is 0.857. The van der Waals surface area contributed by atoms with Gasteiger partial charge < -0.3 is 5.73 Å². The van der Waals surface area contributed by atoms with Gasteiger partial charge in [0.15, 0.2) is 0 Å². The summed E-state index contributed by atoms with van der Waals surface area (Å²) in [5, 5.41) is 0. The van der Waals surface area contributed by atoms with Gasteiger partial charge in [-0.1, -0.05) is 6.42 Å². The zero-order chi connectivity index (χ0) is 6.69. The largest absolute Gasteiger partial charge is 0.330 e. The molecule has 1 fully saturated rings. The lowest BCUT2D eigenvalue weighted by atomic mass is 9.88. The van der Waals surface area contributed by atoms with Gasteiger partial charge in [0.2, 0.25) is 0 Å². The maximum Gasteiger partial charge on any atom is 0.137 e. The number of carbonyl (C=O) groups is 1. The molecule has 0 aromatic heterocycles. The molecule has 0 radical (unpaired) electrons. The van der Waals surface area contributed by atoms with Crippen molar-refractivity contribution >= 4 is 5.78 Å². The average molecular weight is 127 g/mol. The highest BCUT2D eigenvalue weighted by molar-refractivity contribution is 5.81. The van der Waals surface area contributed by atoms with Crippen LogP contribution in [0.1, 0.15) is 25.7 Å². The van der Waals surface area contributed by atoms with Crippen LogP contribution in [-0.2, 0) is 4.79 Å². The summed E-state index contributed by atoms with van der Waals surface area (Å²) in [6, 6.07) is 0. The molecule has 0 saturated heterocycles. The van der Waals surface area contributed by atoms with E-state index in [-0.39, 0.29) is 5.92 Å². The second kappa shape index (κ2) is 2.97. The molecule has 0 aromatic rings. The quantitative estimate of drug-likeness (QED) is 0.563. The summed E-state index contributed by atoms with van der Waals surface area (Å²) in [6.45, 7) is 0.554. The van der Waals surface area contributed by atoms with Crippen LogP contribution in [0.2, 0.25) is 0 Å². The molecular formula is C7H13NO. The molecule has 1 saturated carbocycles. The molecule has 2 nitrogen and oxygen atoms in total. The van der Waals surface area contributed by atoms with Crippen molar-refractivity contribution in [3.8, 4) is 0 Å². The average Bonchev–Trinajstić information content (AvgIpc) is 1.89. The fourth-order valence-corrected chi connectivity index (χ4v) is 1.30. The third kappa shape index (κ3) is 1.52. The molecule has 0 spiro atoms. The number of carbonyl (C=O) groups excluding carboxylic acids is 1. The lowest BCUT2D eigenvalue weighted by Crippen LogP contribution is -2.26. The van der Waals surface area contributed by atoms with Crippen LogP contribution in [0, 0.1) is 5.92 Å². The summed E-state index contributed by atoms with van der Waals surface area (Å²) in [6.07, 6.45) is 4.06. The lowest BCUT2D eigenvalue weighted by Gasteiger charge is -2.17. The highest BCUT2D eigenvalue weighted by atomic mass is 16.1. The number of hydrogen-bond acceptors (Lipinski definition) is 2. The maximum atomic E-state index is 10.9. The second-order valence-corrected chi connectivity index (χ2v) is 2.64. The third-order valence-electron chi connectivity index (χ3n) is 1.97. The first-order valence-corrected chi connectivity index (χ1v) is 3.57. The first kappa shape index (κ1) is 6.75. The van der Waals surface area contributed by atoms with Gasteiger partial charge in [-0.05, 0) is 12.8 Å². The summed E-state index contributed by atoms with van der Waals surface area (Å²) < 4.78 is 0. The summed E-state index contributed by atoms with van der Waals surface area (Å²) in [5.41, 5.74) is 5.37. The Morgan fingerprint density at radius 2 is 2.33 bits per heavy atom. The van der Waals surface area contributed by atoms with E-state index in [1.165, 1.54) is 6.42 Å². The van der Waals surface area contributed by atoms with E-state index in [1.807, 2.05) is 0 Å². The highest BCUT2D eigenvalue weighted by Gasteiger charge is 2.19. The van der Waals surface area contributed by atoms with E-state index in [9.17, 15) is 4.79 Å². The van der Waals surface area contributed by atoms with Crippen LogP contribution in [0.4, 0.5) is 0 Å². The molecule has 0 heterocycles. The topological polar surface area (TPSA) is 43.1 Å². The minimum atomic E-state index is 0.193. The van der Waals surface area contributed by atoms with Gasteiger partial charge in [0, 0.05) is 18.9 Å². The van der Waals surface area contributed by atoms with E-state index in [0.717, 1.165) is 19.3 Å². The molecule has 0 amide bonds. The van der Waals surface area contributed by atoms with Crippen molar-refractivity contribution in [3.63, 3.8) is 0 Å². The predicted molar refractivity (Wildman–Crippen MR) is 36.0 cm³/mol. The van der Waals surface area contributed by atoms with Crippen LogP contribution < -0.4 is 5.73 Å².